The smallest absolute Gasteiger partial charge is 0.145 e. The zero-order chi connectivity index (χ0) is 20.7. The van der Waals surface area contributed by atoms with Crippen molar-refractivity contribution in [2.75, 3.05) is 6.61 Å². The Morgan fingerprint density at radius 1 is 0.586 bits per heavy atom. The average molecular weight is 403 g/mol. The van der Waals surface area contributed by atoms with Gasteiger partial charge in [0, 0.05) is 12.0 Å². The van der Waals surface area contributed by atoms with Gasteiger partial charge in [0.25, 0.3) is 0 Å². The molecule has 0 bridgehead atoms. The Labute approximate surface area is 179 Å². The summed E-state index contributed by atoms with van der Waals surface area (Å²) in [5.74, 6) is 0. The fraction of sp³-hybridized carbons (Fsp3) is 0.333. The van der Waals surface area contributed by atoms with Crippen molar-refractivity contribution in [1.82, 2.24) is 0 Å². The average Bonchev–Trinajstić information content (AvgIpc) is 2.80. The fourth-order valence-electron chi connectivity index (χ4n) is 4.26. The first-order valence-corrected chi connectivity index (χ1v) is 11.8. The van der Waals surface area contributed by atoms with Crippen LogP contribution in [0.25, 0.3) is 0 Å². The summed E-state index contributed by atoms with van der Waals surface area (Å²) >= 11 is 0. The second kappa shape index (κ2) is 10.0. The lowest BCUT2D eigenvalue weighted by atomic mass is 9.67. The number of aryl methyl sites for hydroxylation is 3. The van der Waals surface area contributed by atoms with Crippen molar-refractivity contribution in [3.05, 3.63) is 106 Å². The van der Waals surface area contributed by atoms with Gasteiger partial charge in [-0.25, -0.2) is 0 Å². The van der Waals surface area contributed by atoms with Crippen LogP contribution in [0.2, 0.25) is 0 Å². The summed E-state index contributed by atoms with van der Waals surface area (Å²) in [5.41, 5.74) is 7.99. The summed E-state index contributed by atoms with van der Waals surface area (Å²) in [6.07, 6.45) is 4.13. The lowest BCUT2D eigenvalue weighted by Crippen LogP contribution is -2.31. The molecule has 0 saturated heterocycles. The highest BCUT2D eigenvalue weighted by atomic mass is 28.2. The molecule has 3 aromatic rings. The van der Waals surface area contributed by atoms with Crippen LogP contribution >= 0.6 is 0 Å². The first-order valence-electron chi connectivity index (χ1n) is 10.9. The van der Waals surface area contributed by atoms with Crippen molar-refractivity contribution in [3.63, 3.8) is 0 Å². The molecule has 0 heterocycles. The van der Waals surface area contributed by atoms with Crippen LogP contribution in [0.4, 0.5) is 0 Å². The van der Waals surface area contributed by atoms with E-state index >= 15 is 0 Å². The number of hydrogen-bond acceptors (Lipinski definition) is 1. The Kier molecular flexibility index (Phi) is 7.46. The summed E-state index contributed by atoms with van der Waals surface area (Å²) in [4.78, 5) is 0. The monoisotopic (exact) mass is 402 g/mol. The van der Waals surface area contributed by atoms with E-state index in [1.807, 2.05) is 0 Å². The van der Waals surface area contributed by atoms with Crippen molar-refractivity contribution >= 4 is 10.5 Å². The van der Waals surface area contributed by atoms with Crippen molar-refractivity contribution in [2.45, 2.75) is 51.9 Å². The van der Waals surface area contributed by atoms with Gasteiger partial charge in [-0.05, 0) is 59.1 Å². The van der Waals surface area contributed by atoms with E-state index in [1.54, 1.807) is 0 Å². The molecule has 0 N–H and O–H groups in total. The zero-order valence-electron chi connectivity index (χ0n) is 18.4. The van der Waals surface area contributed by atoms with Gasteiger partial charge in [0.05, 0.1) is 0 Å². The van der Waals surface area contributed by atoms with Crippen molar-refractivity contribution < 1.29 is 4.43 Å². The lowest BCUT2D eigenvalue weighted by Gasteiger charge is -2.36. The van der Waals surface area contributed by atoms with Gasteiger partial charge in [0.2, 0.25) is 0 Å². The molecule has 1 nitrogen and oxygen atoms in total. The number of benzene rings is 3. The molecule has 152 valence electrons. The predicted octanol–water partition coefficient (Wildman–Crippen LogP) is 5.40. The maximum atomic E-state index is 5.74. The van der Waals surface area contributed by atoms with Crippen LogP contribution in [0.15, 0.2) is 72.8 Å². The summed E-state index contributed by atoms with van der Waals surface area (Å²) in [6, 6.07) is 27.7. The molecule has 0 aliphatic carbocycles. The molecule has 0 radical (unpaired) electrons. The van der Waals surface area contributed by atoms with Crippen LogP contribution in [-0.2, 0) is 29.1 Å². The summed E-state index contributed by atoms with van der Waals surface area (Å²) in [6.45, 7) is 7.41. The quantitative estimate of drug-likeness (QED) is 0.344. The van der Waals surface area contributed by atoms with Crippen LogP contribution in [-0.4, -0.2) is 17.1 Å². The Bertz CT molecular complexity index is 764. The third-order valence-corrected chi connectivity index (χ3v) is 6.65. The maximum Gasteiger partial charge on any atom is 0.145 e. The molecule has 0 fully saturated rings. The molecule has 0 amide bonds. The van der Waals surface area contributed by atoms with Crippen molar-refractivity contribution in [2.24, 2.45) is 0 Å². The largest absolute Gasteiger partial charge is 0.428 e. The Morgan fingerprint density at radius 3 is 1.14 bits per heavy atom. The molecule has 0 spiro atoms. The van der Waals surface area contributed by atoms with Gasteiger partial charge >= 0.3 is 0 Å². The van der Waals surface area contributed by atoms with Crippen LogP contribution in [0.1, 0.15) is 60.6 Å². The van der Waals surface area contributed by atoms with Crippen molar-refractivity contribution in [1.29, 1.82) is 0 Å². The van der Waals surface area contributed by atoms with Crippen LogP contribution in [0.5, 0.6) is 0 Å². The maximum absolute atomic E-state index is 5.74. The zero-order valence-corrected chi connectivity index (χ0v) is 20.4. The third-order valence-electron chi connectivity index (χ3n) is 6.25. The lowest BCUT2D eigenvalue weighted by molar-refractivity contribution is 0.311. The first-order chi connectivity index (χ1) is 14.2. The Hall–Kier alpha value is -2.16. The summed E-state index contributed by atoms with van der Waals surface area (Å²) < 4.78 is 5.74. The Balaban J connectivity index is 2.23. The van der Waals surface area contributed by atoms with Gasteiger partial charge in [-0.3, -0.25) is 0 Å². The van der Waals surface area contributed by atoms with E-state index in [0.717, 1.165) is 42.8 Å². The van der Waals surface area contributed by atoms with Gasteiger partial charge in [0.15, 0.2) is 0 Å². The van der Waals surface area contributed by atoms with Crippen LogP contribution in [0.3, 0.4) is 0 Å². The molecule has 2 heteroatoms. The van der Waals surface area contributed by atoms with Crippen molar-refractivity contribution in [3.8, 4) is 0 Å². The van der Waals surface area contributed by atoms with E-state index in [-0.39, 0.29) is 5.41 Å². The normalized spacial score (nSPS) is 11.7. The minimum Gasteiger partial charge on any atom is -0.428 e. The van der Waals surface area contributed by atoms with Crippen LogP contribution < -0.4 is 0 Å². The molecular formula is C27H34OSi. The minimum atomic E-state index is -0.199. The van der Waals surface area contributed by atoms with E-state index in [9.17, 15) is 0 Å². The molecule has 0 aliphatic heterocycles. The highest BCUT2D eigenvalue weighted by Crippen LogP contribution is 2.42. The van der Waals surface area contributed by atoms with E-state index in [4.69, 9.17) is 4.43 Å². The second-order valence-electron chi connectivity index (χ2n) is 7.80. The van der Waals surface area contributed by atoms with E-state index in [1.165, 1.54) is 33.4 Å². The van der Waals surface area contributed by atoms with Gasteiger partial charge in [0.1, 0.15) is 10.5 Å². The predicted molar refractivity (Wildman–Crippen MR) is 128 cm³/mol. The number of rotatable bonds is 9. The summed E-state index contributed by atoms with van der Waals surface area (Å²) in [5, 5.41) is 0. The highest BCUT2D eigenvalue weighted by Gasteiger charge is 2.36. The molecule has 0 unspecified atom stereocenters. The topological polar surface area (TPSA) is 9.23 Å². The van der Waals surface area contributed by atoms with Gasteiger partial charge in [-0.15, -0.1) is 0 Å². The molecule has 0 atom stereocenters. The van der Waals surface area contributed by atoms with E-state index in [0.29, 0.717) is 0 Å². The minimum absolute atomic E-state index is 0.199. The van der Waals surface area contributed by atoms with E-state index < -0.39 is 0 Å². The van der Waals surface area contributed by atoms with Gasteiger partial charge < -0.3 is 4.43 Å². The molecule has 3 rings (SSSR count). The molecular weight excluding hydrogens is 368 g/mol. The molecule has 0 aromatic heterocycles. The molecule has 0 aliphatic rings. The fourth-order valence-corrected chi connectivity index (χ4v) is 4.47. The SMILES string of the molecule is CCc1ccc(C(CCO[SiH3])(c2ccc(CC)cc2)c2ccc(CC)cc2)cc1. The second-order valence-corrected chi connectivity index (χ2v) is 8.38. The first kappa shape index (κ1) is 21.5. The Morgan fingerprint density at radius 2 is 0.897 bits per heavy atom. The molecule has 29 heavy (non-hydrogen) atoms. The van der Waals surface area contributed by atoms with Crippen LogP contribution in [0, 0.1) is 0 Å². The number of hydrogen-bond donors (Lipinski definition) is 0. The standard InChI is InChI=1S/C27H34OSi/c1-4-21-7-13-24(14-8-21)27(19-20-28-29,25-15-9-22(5-2)10-16-25)26-17-11-23(6-3)12-18-26/h7-18H,4-6,19-20H2,1-3,29H3. The third kappa shape index (κ3) is 4.54. The molecule has 3 aromatic carbocycles. The molecule has 0 saturated carbocycles. The van der Waals surface area contributed by atoms with Gasteiger partial charge in [-0.2, -0.15) is 0 Å². The highest BCUT2D eigenvalue weighted by molar-refractivity contribution is 5.97. The van der Waals surface area contributed by atoms with E-state index in [2.05, 4.69) is 93.6 Å². The van der Waals surface area contributed by atoms with Gasteiger partial charge in [-0.1, -0.05) is 93.6 Å². The summed E-state index contributed by atoms with van der Waals surface area (Å²) in [7, 11) is 0.766.